The van der Waals surface area contributed by atoms with Gasteiger partial charge in [-0.25, -0.2) is 0 Å². The van der Waals surface area contributed by atoms with Gasteiger partial charge in [0.2, 0.25) is 5.91 Å². The van der Waals surface area contributed by atoms with Gasteiger partial charge in [0.25, 0.3) is 0 Å². The highest BCUT2D eigenvalue weighted by Crippen LogP contribution is 2.07. The number of primary amides is 1. The lowest BCUT2D eigenvalue weighted by molar-refractivity contribution is -0.122. The van der Waals surface area contributed by atoms with E-state index in [9.17, 15) is 4.79 Å². The standard InChI is InChI=1S/C6H12N2O.B18/c7-6(9)5-2-1-3-8-4-5;1-11(2)16(12(3)4)18(15(9)10)17(13(5)6)14(7)8/h5,8H,1-4H2,(H2,7,9);. The lowest BCUT2D eigenvalue weighted by Crippen LogP contribution is -2.78. The number of carbonyl (C=O) groups is 1. The Labute approximate surface area is 181 Å². The highest BCUT2D eigenvalue weighted by atomic mass is 16.1. The number of rotatable bonds is 8. The average Bonchev–Trinajstić information content (AvgIpc) is 2.54. The van der Waals surface area contributed by atoms with Gasteiger partial charge >= 0.3 is 0 Å². The summed E-state index contributed by atoms with van der Waals surface area (Å²) >= 11 is 0. The molecule has 20 radical (unpaired) electrons. The van der Waals surface area contributed by atoms with Crippen LogP contribution in [0.3, 0.4) is 0 Å². The van der Waals surface area contributed by atoms with Crippen molar-refractivity contribution in [2.45, 2.75) is 12.8 Å². The Morgan fingerprint density at radius 3 is 1.30 bits per heavy atom. The Balaban J connectivity index is 0.000000621. The Morgan fingerprint density at radius 1 is 0.741 bits per heavy atom. The zero-order valence-corrected chi connectivity index (χ0v) is 15.8. The number of amides is 1. The molecule has 106 valence electrons. The fourth-order valence-corrected chi connectivity index (χ4v) is 3.40. The number of piperidine rings is 1. The first-order valence-electron chi connectivity index (χ1n) is 8.97. The molecule has 21 heteroatoms. The molecule has 0 saturated carbocycles. The SMILES string of the molecule is NC(=O)C1CCCNC1.[B]B([B])B(B([B])[B])B(B([B])[B])B(B([B])[B])B([B])[B]. The summed E-state index contributed by atoms with van der Waals surface area (Å²) in [5, 5.41) is 3.12. The third-order valence-corrected chi connectivity index (χ3v) is 4.81. The molecule has 1 aliphatic heterocycles. The summed E-state index contributed by atoms with van der Waals surface area (Å²) in [6.45, 7) is 1.80. The molecule has 0 aromatic rings. The monoisotopic (exact) mass is 326 g/mol. The predicted molar refractivity (Wildman–Crippen MR) is 138 cm³/mol. The predicted octanol–water partition coefficient (Wildman–Crippen LogP) is -7.38. The van der Waals surface area contributed by atoms with Crippen molar-refractivity contribution in [2.75, 3.05) is 13.1 Å². The van der Waals surface area contributed by atoms with E-state index in [0.717, 1.165) is 25.9 Å². The molecule has 3 N–H and O–H groups in total. The zero-order valence-electron chi connectivity index (χ0n) is 15.8. The van der Waals surface area contributed by atoms with E-state index in [1.807, 2.05) is 0 Å². The molecule has 1 amide bonds. The normalized spacial score (nSPS) is 15.3. The number of nitrogens with two attached hydrogens (primary N) is 1. The highest BCUT2D eigenvalue weighted by Gasteiger charge is 2.41. The first-order chi connectivity index (χ1) is 12.4. The van der Waals surface area contributed by atoms with Gasteiger partial charge < -0.3 is 11.1 Å². The summed E-state index contributed by atoms with van der Waals surface area (Å²) in [4.78, 5) is 10.5. The van der Waals surface area contributed by atoms with Crippen LogP contribution in [0.15, 0.2) is 0 Å². The van der Waals surface area contributed by atoms with Crippen LogP contribution in [0.2, 0.25) is 0 Å². The maximum Gasteiger partial charge on any atom is 0.221 e. The third kappa shape index (κ3) is 9.76. The van der Waals surface area contributed by atoms with Crippen LogP contribution in [0.4, 0.5) is 0 Å². The number of nitrogens with one attached hydrogen (secondary N) is 1. The van der Waals surface area contributed by atoms with Gasteiger partial charge in [0, 0.05) is 135 Å². The van der Waals surface area contributed by atoms with E-state index in [-0.39, 0.29) is 11.8 Å². The second kappa shape index (κ2) is 13.8. The van der Waals surface area contributed by atoms with Gasteiger partial charge in [0.15, 0.2) is 0 Å². The molecule has 0 bridgehead atoms. The molecule has 0 aromatic carbocycles. The number of hydrogen-bond acceptors (Lipinski definition) is 2. The van der Waals surface area contributed by atoms with Gasteiger partial charge in [-0.2, -0.15) is 0 Å². The second-order valence-corrected chi connectivity index (χ2v) is 7.06. The molecule has 0 aliphatic carbocycles. The Kier molecular flexibility index (Phi) is 14.1. The van der Waals surface area contributed by atoms with Crippen molar-refractivity contribution in [3.63, 3.8) is 0 Å². The van der Waals surface area contributed by atoms with Gasteiger partial charge in [-0.15, -0.1) is 0 Å². The van der Waals surface area contributed by atoms with Crippen molar-refractivity contribution in [3.05, 3.63) is 0 Å². The third-order valence-electron chi connectivity index (χ3n) is 4.81. The topological polar surface area (TPSA) is 55.1 Å². The fraction of sp³-hybridized carbons (Fsp3) is 0.833. The minimum absolute atomic E-state index is 0.0822. The first kappa shape index (κ1) is 27.6. The summed E-state index contributed by atoms with van der Waals surface area (Å²) in [5.41, 5.74) is 5.09. The molecule has 0 aromatic heterocycles. The van der Waals surface area contributed by atoms with Gasteiger partial charge in [-0.3, -0.25) is 4.79 Å². The first-order valence-corrected chi connectivity index (χ1v) is 8.97. The Hall–Kier alpha value is 0.599. The maximum absolute atomic E-state index is 10.5. The van der Waals surface area contributed by atoms with Crippen molar-refractivity contribution in [2.24, 2.45) is 11.7 Å². The molecule has 1 saturated heterocycles. The van der Waals surface area contributed by atoms with Crippen LogP contribution < -0.4 is 11.1 Å². The van der Waals surface area contributed by atoms with Crippen molar-refractivity contribution >= 4 is 134 Å². The van der Waals surface area contributed by atoms with Crippen LogP contribution in [0.5, 0.6) is 0 Å². The molecule has 1 heterocycles. The molecule has 0 spiro atoms. The molecular weight excluding hydrogens is 311 g/mol. The van der Waals surface area contributed by atoms with Crippen LogP contribution in [-0.4, -0.2) is 147 Å². The van der Waals surface area contributed by atoms with Crippen LogP contribution in [0, 0.1) is 5.92 Å². The van der Waals surface area contributed by atoms with Gasteiger partial charge in [-0.05, 0) is 19.4 Å². The molecule has 3 nitrogen and oxygen atoms in total. The van der Waals surface area contributed by atoms with Crippen molar-refractivity contribution in [1.29, 1.82) is 0 Å². The minimum Gasteiger partial charge on any atom is -0.369 e. The molecule has 1 aliphatic rings. The quantitative estimate of drug-likeness (QED) is 0.436. The summed E-state index contributed by atoms with van der Waals surface area (Å²) in [6.07, 6.45) is -4.00. The van der Waals surface area contributed by atoms with E-state index in [1.54, 1.807) is 0 Å². The number of carbonyl (C=O) groups excluding carboxylic acids is 1. The summed E-state index contributed by atoms with van der Waals surface area (Å²) in [5.74, 6) is -0.0825. The van der Waals surface area contributed by atoms with Crippen LogP contribution in [-0.2, 0) is 4.79 Å². The molecule has 1 fully saturated rings. The molecule has 1 unspecified atom stereocenters. The van der Waals surface area contributed by atoms with Gasteiger partial charge in [0.1, 0.15) is 0 Å². The lowest BCUT2D eigenvalue weighted by Gasteiger charge is -2.40. The summed E-state index contributed by atoms with van der Waals surface area (Å²) in [6, 6.07) is 0. The van der Waals surface area contributed by atoms with Crippen LogP contribution in [0.25, 0.3) is 0 Å². The van der Waals surface area contributed by atoms with Crippen molar-refractivity contribution in [3.8, 4) is 0 Å². The molecule has 27 heavy (non-hydrogen) atoms. The summed E-state index contributed by atoms with van der Waals surface area (Å²) < 4.78 is 0. The van der Waals surface area contributed by atoms with Gasteiger partial charge in [-0.1, -0.05) is 0 Å². The molecular formula is C6H12B18N2O. The summed E-state index contributed by atoms with van der Waals surface area (Å²) in [7, 11) is 56.7. The largest absolute Gasteiger partial charge is 0.369 e. The van der Waals surface area contributed by atoms with Crippen LogP contribution in [0.1, 0.15) is 12.8 Å². The minimum atomic E-state index is -0.853. The molecule has 1 rings (SSSR count). The van der Waals surface area contributed by atoms with Gasteiger partial charge in [0.05, 0.1) is 5.92 Å². The van der Waals surface area contributed by atoms with E-state index in [2.05, 4.69) is 5.32 Å². The van der Waals surface area contributed by atoms with E-state index in [0.29, 0.717) is 0 Å². The van der Waals surface area contributed by atoms with Crippen molar-refractivity contribution < 1.29 is 4.79 Å². The van der Waals surface area contributed by atoms with E-state index in [1.165, 1.54) is 0 Å². The molecule has 1 atom stereocenters. The number of hydrogen-bond donors (Lipinski definition) is 2. The Bertz CT molecular complexity index is 379. The van der Waals surface area contributed by atoms with E-state index >= 15 is 0 Å². The van der Waals surface area contributed by atoms with E-state index < -0.39 is 51.1 Å². The van der Waals surface area contributed by atoms with E-state index in [4.69, 9.17) is 83.1 Å². The van der Waals surface area contributed by atoms with Crippen molar-refractivity contribution in [1.82, 2.24) is 5.32 Å². The fourth-order valence-electron chi connectivity index (χ4n) is 3.40. The smallest absolute Gasteiger partial charge is 0.221 e. The zero-order chi connectivity index (χ0) is 21.3. The van der Waals surface area contributed by atoms with Crippen LogP contribution >= 0.6 is 0 Å². The Morgan fingerprint density at radius 2 is 1.11 bits per heavy atom. The lowest BCUT2D eigenvalue weighted by atomic mass is 8.41. The second-order valence-electron chi connectivity index (χ2n) is 7.06. The maximum atomic E-state index is 10.5. The average molecular weight is 323 g/mol. The highest BCUT2D eigenvalue weighted by molar-refractivity contribution is 8.17.